The van der Waals surface area contributed by atoms with E-state index in [9.17, 15) is 9.59 Å². The molecule has 1 aromatic carbocycles. The number of carbonyl (C=O) groups excluding carboxylic acids is 2. The van der Waals surface area contributed by atoms with Crippen molar-refractivity contribution in [2.24, 2.45) is 0 Å². The predicted octanol–water partition coefficient (Wildman–Crippen LogP) is 2.35. The molecule has 0 saturated carbocycles. The number of benzene rings is 1. The Morgan fingerprint density at radius 3 is 2.87 bits per heavy atom. The van der Waals surface area contributed by atoms with Gasteiger partial charge in [-0.25, -0.2) is 9.59 Å². The molecule has 6 heteroatoms. The predicted molar refractivity (Wildman–Crippen MR) is 82.4 cm³/mol. The van der Waals surface area contributed by atoms with Crippen LogP contribution in [0, 0.1) is 0 Å². The van der Waals surface area contributed by atoms with Crippen LogP contribution >= 0.6 is 0 Å². The van der Waals surface area contributed by atoms with Crippen LogP contribution in [0.25, 0.3) is 0 Å². The van der Waals surface area contributed by atoms with Gasteiger partial charge in [-0.1, -0.05) is 6.07 Å². The lowest BCUT2D eigenvalue weighted by atomic mass is 10.1. The highest BCUT2D eigenvalue weighted by molar-refractivity contribution is 5.90. The molecule has 1 aliphatic rings. The Kier molecular flexibility index (Phi) is 6.55. The zero-order chi connectivity index (χ0) is 16.7. The first kappa shape index (κ1) is 17.4. The number of ether oxygens (including phenoxy) is 4. The quantitative estimate of drug-likeness (QED) is 0.591. The number of hydrogen-bond acceptors (Lipinski definition) is 6. The second-order valence-electron chi connectivity index (χ2n) is 5.40. The van der Waals surface area contributed by atoms with E-state index in [0.29, 0.717) is 12.2 Å². The zero-order valence-electron chi connectivity index (χ0n) is 13.4. The maximum Gasteiger partial charge on any atom is 0.340 e. The lowest BCUT2D eigenvalue weighted by molar-refractivity contribution is -0.149. The minimum atomic E-state index is -0.706. The van der Waals surface area contributed by atoms with Gasteiger partial charge in [-0.05, 0) is 44.4 Å². The van der Waals surface area contributed by atoms with Crippen molar-refractivity contribution in [1.82, 2.24) is 0 Å². The first-order valence-electron chi connectivity index (χ1n) is 7.73. The van der Waals surface area contributed by atoms with E-state index in [1.807, 2.05) is 0 Å². The average molecular weight is 322 g/mol. The first-order chi connectivity index (χ1) is 11.1. The van der Waals surface area contributed by atoms with Crippen molar-refractivity contribution in [2.45, 2.75) is 38.4 Å². The molecule has 1 saturated heterocycles. The fourth-order valence-electron chi connectivity index (χ4n) is 2.26. The second kappa shape index (κ2) is 8.64. The van der Waals surface area contributed by atoms with Gasteiger partial charge in [-0.2, -0.15) is 0 Å². The molecule has 1 aliphatic heterocycles. The van der Waals surface area contributed by atoms with Gasteiger partial charge in [0.05, 0.1) is 25.4 Å². The van der Waals surface area contributed by atoms with E-state index in [1.165, 1.54) is 13.2 Å². The number of esters is 2. The van der Waals surface area contributed by atoms with Gasteiger partial charge in [-0.15, -0.1) is 0 Å². The Hall–Kier alpha value is -1.92. The van der Waals surface area contributed by atoms with E-state index in [2.05, 4.69) is 4.74 Å². The highest BCUT2D eigenvalue weighted by atomic mass is 16.6. The molecule has 2 atom stereocenters. The summed E-state index contributed by atoms with van der Waals surface area (Å²) in [5.74, 6) is -0.716. The maximum atomic E-state index is 12.0. The van der Waals surface area contributed by atoms with Crippen LogP contribution in [0.2, 0.25) is 0 Å². The monoisotopic (exact) mass is 322 g/mol. The van der Waals surface area contributed by atoms with Gasteiger partial charge in [0.25, 0.3) is 0 Å². The van der Waals surface area contributed by atoms with Crippen LogP contribution in [-0.4, -0.2) is 44.5 Å². The Bertz CT molecular complexity index is 536. The summed E-state index contributed by atoms with van der Waals surface area (Å²) in [5.41, 5.74) is 0.321. The van der Waals surface area contributed by atoms with E-state index in [-0.39, 0.29) is 11.9 Å². The molecule has 1 fully saturated rings. The van der Waals surface area contributed by atoms with Crippen LogP contribution in [0.4, 0.5) is 0 Å². The van der Waals surface area contributed by atoms with Gasteiger partial charge >= 0.3 is 11.9 Å². The molecule has 2 rings (SSSR count). The summed E-state index contributed by atoms with van der Waals surface area (Å²) in [6.45, 7) is 2.75. The fraction of sp³-hybridized carbons (Fsp3) is 0.529. The fourth-order valence-corrected chi connectivity index (χ4v) is 2.26. The highest BCUT2D eigenvalue weighted by Crippen LogP contribution is 2.16. The molecule has 2 unspecified atom stereocenters. The van der Waals surface area contributed by atoms with Crippen LogP contribution in [0.1, 0.15) is 36.5 Å². The summed E-state index contributed by atoms with van der Waals surface area (Å²) in [6, 6.07) is 6.27. The van der Waals surface area contributed by atoms with E-state index in [4.69, 9.17) is 14.2 Å². The molecule has 1 heterocycles. The Morgan fingerprint density at radius 1 is 1.35 bits per heavy atom. The van der Waals surface area contributed by atoms with Crippen molar-refractivity contribution in [3.8, 4) is 5.75 Å². The molecule has 0 aliphatic carbocycles. The van der Waals surface area contributed by atoms with Crippen molar-refractivity contribution in [1.29, 1.82) is 0 Å². The molecular formula is C17H22O6. The van der Waals surface area contributed by atoms with Crippen molar-refractivity contribution in [3.05, 3.63) is 29.8 Å². The van der Waals surface area contributed by atoms with E-state index >= 15 is 0 Å². The summed E-state index contributed by atoms with van der Waals surface area (Å²) in [6.07, 6.45) is 2.48. The molecule has 0 bridgehead atoms. The standard InChI is InChI=1S/C17H22O6/c1-12(22-11-15-7-3-4-9-21-15)16(18)23-14-8-5-6-13(10-14)17(19)20-2/h5-6,8,10,12,15H,3-4,7,9,11H2,1-2H3. The Morgan fingerprint density at radius 2 is 2.17 bits per heavy atom. The molecule has 0 aromatic heterocycles. The molecule has 23 heavy (non-hydrogen) atoms. The Balaban J connectivity index is 1.84. The van der Waals surface area contributed by atoms with E-state index in [1.54, 1.807) is 25.1 Å². The molecule has 0 amide bonds. The van der Waals surface area contributed by atoms with Gasteiger partial charge in [0.1, 0.15) is 5.75 Å². The summed E-state index contributed by atoms with van der Waals surface area (Å²) in [7, 11) is 1.30. The van der Waals surface area contributed by atoms with Crippen molar-refractivity contribution in [3.63, 3.8) is 0 Å². The van der Waals surface area contributed by atoms with Crippen LogP contribution in [0.3, 0.4) is 0 Å². The summed E-state index contributed by atoms with van der Waals surface area (Å²) in [5, 5.41) is 0. The van der Waals surface area contributed by atoms with Crippen molar-refractivity contribution < 1.29 is 28.5 Å². The third-order valence-corrected chi connectivity index (χ3v) is 3.61. The summed E-state index contributed by atoms with van der Waals surface area (Å²) in [4.78, 5) is 23.5. The number of carbonyl (C=O) groups is 2. The topological polar surface area (TPSA) is 71.1 Å². The van der Waals surface area contributed by atoms with Crippen LogP contribution in [0.15, 0.2) is 24.3 Å². The maximum absolute atomic E-state index is 12.0. The van der Waals surface area contributed by atoms with Gasteiger partial charge in [0.2, 0.25) is 0 Å². The minimum Gasteiger partial charge on any atom is -0.465 e. The van der Waals surface area contributed by atoms with Gasteiger partial charge in [0, 0.05) is 6.61 Å². The molecule has 0 N–H and O–H groups in total. The summed E-state index contributed by atoms with van der Waals surface area (Å²) < 4.78 is 20.9. The van der Waals surface area contributed by atoms with Crippen molar-refractivity contribution >= 4 is 11.9 Å². The SMILES string of the molecule is COC(=O)c1cccc(OC(=O)C(C)OCC2CCCCO2)c1. The van der Waals surface area contributed by atoms with E-state index in [0.717, 1.165) is 25.9 Å². The number of rotatable bonds is 6. The molecule has 0 radical (unpaired) electrons. The normalized spacial score (nSPS) is 19.0. The minimum absolute atomic E-state index is 0.0432. The van der Waals surface area contributed by atoms with Crippen LogP contribution in [-0.2, 0) is 19.0 Å². The van der Waals surface area contributed by atoms with Crippen LogP contribution < -0.4 is 4.74 Å². The summed E-state index contributed by atoms with van der Waals surface area (Å²) >= 11 is 0. The average Bonchev–Trinajstić information content (AvgIpc) is 2.60. The number of methoxy groups -OCH3 is 1. The lowest BCUT2D eigenvalue weighted by Gasteiger charge is -2.23. The molecule has 1 aromatic rings. The lowest BCUT2D eigenvalue weighted by Crippen LogP contribution is -2.31. The zero-order valence-corrected chi connectivity index (χ0v) is 13.4. The van der Waals surface area contributed by atoms with Gasteiger partial charge in [-0.3, -0.25) is 0 Å². The van der Waals surface area contributed by atoms with Crippen LogP contribution in [0.5, 0.6) is 5.75 Å². The Labute approximate surface area is 135 Å². The molecule has 6 nitrogen and oxygen atoms in total. The smallest absolute Gasteiger partial charge is 0.340 e. The molecule has 126 valence electrons. The van der Waals surface area contributed by atoms with Crippen molar-refractivity contribution in [2.75, 3.05) is 20.3 Å². The third kappa shape index (κ3) is 5.33. The van der Waals surface area contributed by atoms with E-state index < -0.39 is 18.0 Å². The highest BCUT2D eigenvalue weighted by Gasteiger charge is 2.20. The molecular weight excluding hydrogens is 300 g/mol. The van der Waals surface area contributed by atoms with Gasteiger partial charge < -0.3 is 18.9 Å². The first-order valence-corrected chi connectivity index (χ1v) is 7.73. The third-order valence-electron chi connectivity index (χ3n) is 3.61. The largest absolute Gasteiger partial charge is 0.465 e. The van der Waals surface area contributed by atoms with Gasteiger partial charge in [0.15, 0.2) is 6.10 Å². The number of hydrogen-bond donors (Lipinski definition) is 0. The molecule has 0 spiro atoms. The second-order valence-corrected chi connectivity index (χ2v) is 5.40.